The normalized spacial score (nSPS) is 20.6. The lowest BCUT2D eigenvalue weighted by molar-refractivity contribution is -0.142. The van der Waals surface area contributed by atoms with Gasteiger partial charge in [-0.25, -0.2) is 0 Å². The molecule has 0 unspecified atom stereocenters. The molecule has 6 nitrogen and oxygen atoms in total. The van der Waals surface area contributed by atoms with Gasteiger partial charge in [0.15, 0.2) is 0 Å². The third-order valence-corrected chi connectivity index (χ3v) is 4.73. The molecule has 1 aromatic heterocycles. The van der Waals surface area contributed by atoms with Crippen LogP contribution in [0.4, 0.5) is 0 Å². The molecule has 1 aliphatic carbocycles. The van der Waals surface area contributed by atoms with Gasteiger partial charge in [0.2, 0.25) is 0 Å². The van der Waals surface area contributed by atoms with Gasteiger partial charge in [0, 0.05) is 12.2 Å². The molecule has 0 aliphatic heterocycles. The summed E-state index contributed by atoms with van der Waals surface area (Å²) in [6.07, 6.45) is 7.43. The van der Waals surface area contributed by atoms with Crippen molar-refractivity contribution in [1.82, 2.24) is 15.1 Å². The van der Waals surface area contributed by atoms with Crippen molar-refractivity contribution in [1.29, 1.82) is 0 Å². The number of carbonyl (C=O) groups excluding carboxylic acids is 1. The smallest absolute Gasteiger partial charge is 0.308 e. The second kappa shape index (κ2) is 7.96. The van der Waals surface area contributed by atoms with Crippen molar-refractivity contribution >= 4 is 11.9 Å². The molecular weight excluding hydrogens is 318 g/mol. The number of aromatic nitrogens is 2. The average Bonchev–Trinajstić information content (AvgIpc) is 2.94. The summed E-state index contributed by atoms with van der Waals surface area (Å²) in [4.78, 5) is 24.0. The molecule has 1 fully saturated rings. The van der Waals surface area contributed by atoms with E-state index in [-0.39, 0.29) is 11.9 Å². The SMILES string of the molecule is O=C(N[C@H]1CCCCC[C@H]1C(=O)O)c1cnn(Cc2ccccc2)c1. The van der Waals surface area contributed by atoms with Crippen LogP contribution < -0.4 is 5.32 Å². The summed E-state index contributed by atoms with van der Waals surface area (Å²) in [7, 11) is 0. The number of hydrogen-bond donors (Lipinski definition) is 2. The molecule has 25 heavy (non-hydrogen) atoms. The summed E-state index contributed by atoms with van der Waals surface area (Å²) in [6, 6.07) is 9.58. The van der Waals surface area contributed by atoms with Gasteiger partial charge in [-0.1, -0.05) is 49.6 Å². The number of carbonyl (C=O) groups is 2. The van der Waals surface area contributed by atoms with Crippen molar-refractivity contribution in [3.05, 3.63) is 53.9 Å². The van der Waals surface area contributed by atoms with Crippen LogP contribution in [-0.4, -0.2) is 32.8 Å². The van der Waals surface area contributed by atoms with Gasteiger partial charge in [-0.05, 0) is 18.4 Å². The number of nitrogens with one attached hydrogen (secondary N) is 1. The summed E-state index contributed by atoms with van der Waals surface area (Å²) in [5.74, 6) is -1.59. The second-order valence-electron chi connectivity index (χ2n) is 6.57. The molecule has 1 aliphatic rings. The quantitative estimate of drug-likeness (QED) is 0.819. The maximum Gasteiger partial charge on any atom is 0.308 e. The summed E-state index contributed by atoms with van der Waals surface area (Å²) >= 11 is 0. The molecule has 1 aromatic carbocycles. The summed E-state index contributed by atoms with van der Waals surface area (Å²) in [5, 5.41) is 16.6. The Bertz CT molecular complexity index is 727. The van der Waals surface area contributed by atoms with E-state index in [9.17, 15) is 14.7 Å². The van der Waals surface area contributed by atoms with Crippen molar-refractivity contribution in [2.24, 2.45) is 5.92 Å². The van der Waals surface area contributed by atoms with Crippen molar-refractivity contribution in [3.8, 4) is 0 Å². The molecule has 0 radical (unpaired) electrons. The lowest BCUT2D eigenvalue weighted by Gasteiger charge is -2.22. The monoisotopic (exact) mass is 341 g/mol. The number of carboxylic acid groups (broad SMARTS) is 1. The number of carboxylic acids is 1. The van der Waals surface area contributed by atoms with Crippen LogP contribution in [-0.2, 0) is 11.3 Å². The number of amides is 1. The fourth-order valence-corrected chi connectivity index (χ4v) is 3.37. The Morgan fingerprint density at radius 3 is 2.68 bits per heavy atom. The zero-order valence-corrected chi connectivity index (χ0v) is 14.1. The van der Waals surface area contributed by atoms with Crippen molar-refractivity contribution in [3.63, 3.8) is 0 Å². The first-order chi connectivity index (χ1) is 12.1. The average molecular weight is 341 g/mol. The molecule has 0 saturated heterocycles. The molecule has 1 saturated carbocycles. The minimum absolute atomic E-state index is 0.252. The van der Waals surface area contributed by atoms with E-state index in [2.05, 4.69) is 10.4 Å². The van der Waals surface area contributed by atoms with Gasteiger partial charge < -0.3 is 10.4 Å². The number of benzene rings is 1. The largest absolute Gasteiger partial charge is 0.481 e. The van der Waals surface area contributed by atoms with Crippen molar-refractivity contribution < 1.29 is 14.7 Å². The first-order valence-corrected chi connectivity index (χ1v) is 8.73. The van der Waals surface area contributed by atoms with Crippen LogP contribution in [0.1, 0.15) is 48.0 Å². The molecule has 0 spiro atoms. The van der Waals surface area contributed by atoms with Gasteiger partial charge in [-0.2, -0.15) is 5.10 Å². The van der Waals surface area contributed by atoms with Crippen LogP contribution in [0.3, 0.4) is 0 Å². The zero-order chi connectivity index (χ0) is 17.6. The van der Waals surface area contributed by atoms with Crippen LogP contribution >= 0.6 is 0 Å². The van der Waals surface area contributed by atoms with E-state index in [1.807, 2.05) is 30.3 Å². The standard InChI is InChI=1S/C19H23N3O3/c23-18(21-17-10-6-2-5-9-16(17)19(24)25)15-11-20-22(13-15)12-14-7-3-1-4-8-14/h1,3-4,7-8,11,13,16-17H,2,5-6,9-10,12H2,(H,21,23)(H,24,25)/t16-,17+/m1/s1. The topological polar surface area (TPSA) is 84.2 Å². The first-order valence-electron chi connectivity index (χ1n) is 8.73. The number of nitrogens with zero attached hydrogens (tertiary/aromatic N) is 2. The van der Waals surface area contributed by atoms with E-state index in [0.29, 0.717) is 24.9 Å². The number of rotatable bonds is 5. The molecule has 3 rings (SSSR count). The second-order valence-corrected chi connectivity index (χ2v) is 6.57. The van der Waals surface area contributed by atoms with Crippen molar-refractivity contribution in [2.45, 2.75) is 44.7 Å². The Balaban J connectivity index is 1.65. The van der Waals surface area contributed by atoms with E-state index in [0.717, 1.165) is 24.8 Å². The summed E-state index contributed by atoms with van der Waals surface area (Å²) < 4.78 is 1.71. The van der Waals surface area contributed by atoms with Crippen LogP contribution in [0.5, 0.6) is 0 Å². The van der Waals surface area contributed by atoms with Crippen LogP contribution in [0.25, 0.3) is 0 Å². The highest BCUT2D eigenvalue weighted by molar-refractivity contribution is 5.94. The van der Waals surface area contributed by atoms with Gasteiger partial charge >= 0.3 is 5.97 Å². The third-order valence-electron chi connectivity index (χ3n) is 4.73. The number of aliphatic carboxylic acids is 1. The van der Waals surface area contributed by atoms with E-state index in [1.165, 1.54) is 6.20 Å². The van der Waals surface area contributed by atoms with E-state index >= 15 is 0 Å². The zero-order valence-electron chi connectivity index (χ0n) is 14.1. The first kappa shape index (κ1) is 17.2. The van der Waals surface area contributed by atoms with Gasteiger partial charge in [-0.15, -0.1) is 0 Å². The molecule has 2 N–H and O–H groups in total. The Morgan fingerprint density at radius 1 is 1.16 bits per heavy atom. The fourth-order valence-electron chi connectivity index (χ4n) is 3.37. The summed E-state index contributed by atoms with van der Waals surface area (Å²) in [5.41, 5.74) is 1.57. The van der Waals surface area contributed by atoms with E-state index < -0.39 is 11.9 Å². The summed E-state index contributed by atoms with van der Waals surface area (Å²) in [6.45, 7) is 0.593. The maximum absolute atomic E-state index is 12.5. The fraction of sp³-hybridized carbons (Fsp3) is 0.421. The number of hydrogen-bond acceptors (Lipinski definition) is 3. The molecular formula is C19H23N3O3. The van der Waals surface area contributed by atoms with Gasteiger partial charge in [0.25, 0.3) is 5.91 Å². The van der Waals surface area contributed by atoms with Gasteiger partial charge in [-0.3, -0.25) is 14.3 Å². The predicted molar refractivity (Wildman–Crippen MR) is 93.2 cm³/mol. The minimum Gasteiger partial charge on any atom is -0.481 e. The van der Waals surface area contributed by atoms with E-state index in [1.54, 1.807) is 10.9 Å². The van der Waals surface area contributed by atoms with E-state index in [4.69, 9.17) is 0 Å². The predicted octanol–water partition coefficient (Wildman–Crippen LogP) is 2.69. The van der Waals surface area contributed by atoms with Gasteiger partial charge in [0.05, 0.1) is 24.2 Å². The molecule has 0 bridgehead atoms. The van der Waals surface area contributed by atoms with Crippen LogP contribution in [0.15, 0.2) is 42.7 Å². The lowest BCUT2D eigenvalue weighted by Crippen LogP contribution is -2.42. The van der Waals surface area contributed by atoms with Gasteiger partial charge in [0.1, 0.15) is 0 Å². The van der Waals surface area contributed by atoms with Crippen molar-refractivity contribution in [2.75, 3.05) is 0 Å². The molecule has 6 heteroatoms. The molecule has 1 amide bonds. The highest BCUT2D eigenvalue weighted by atomic mass is 16.4. The minimum atomic E-state index is -0.827. The molecule has 2 atom stereocenters. The van der Waals surface area contributed by atoms with Crippen LogP contribution in [0.2, 0.25) is 0 Å². The molecule has 2 aromatic rings. The van der Waals surface area contributed by atoms with Crippen LogP contribution in [0, 0.1) is 5.92 Å². The Labute approximate surface area is 146 Å². The Kier molecular flexibility index (Phi) is 5.48. The third kappa shape index (κ3) is 4.47. The Hall–Kier alpha value is -2.63. The Morgan fingerprint density at radius 2 is 1.92 bits per heavy atom. The lowest BCUT2D eigenvalue weighted by atomic mass is 9.94. The highest BCUT2D eigenvalue weighted by Gasteiger charge is 2.31. The highest BCUT2D eigenvalue weighted by Crippen LogP contribution is 2.24. The maximum atomic E-state index is 12.5. The molecule has 132 valence electrons. The molecule has 1 heterocycles.